The lowest BCUT2D eigenvalue weighted by Gasteiger charge is -2.29. The molecule has 0 fully saturated rings. The van der Waals surface area contributed by atoms with Gasteiger partial charge < -0.3 is 14.8 Å². The van der Waals surface area contributed by atoms with Crippen LogP contribution >= 0.6 is 0 Å². The number of fused-ring (bicyclic) bond motifs is 2. The number of anilines is 2. The third kappa shape index (κ3) is 5.46. The lowest BCUT2D eigenvalue weighted by molar-refractivity contribution is 0.255. The van der Waals surface area contributed by atoms with Crippen LogP contribution in [0.4, 0.5) is 15.9 Å². The molecule has 202 valence electrons. The van der Waals surface area contributed by atoms with E-state index >= 15 is 0 Å². The van der Waals surface area contributed by atoms with Gasteiger partial charge in [0.05, 0.1) is 19.7 Å². The summed E-state index contributed by atoms with van der Waals surface area (Å²) in [6.07, 6.45) is 1.97. The molecule has 7 heteroatoms. The molecule has 2 heterocycles. The van der Waals surface area contributed by atoms with Crippen LogP contribution in [0, 0.1) is 5.82 Å². The van der Waals surface area contributed by atoms with Gasteiger partial charge >= 0.3 is 0 Å². The largest absolute Gasteiger partial charge is 0.493 e. The van der Waals surface area contributed by atoms with E-state index in [0.717, 1.165) is 71.9 Å². The average molecular weight is 535 g/mol. The Morgan fingerprint density at radius 3 is 2.33 bits per heavy atom. The molecular formula is C33H31FN4O2. The Bertz CT molecular complexity index is 1640. The van der Waals surface area contributed by atoms with Crippen LogP contribution in [0.1, 0.15) is 16.7 Å². The van der Waals surface area contributed by atoms with E-state index in [4.69, 9.17) is 19.4 Å². The third-order valence-electron chi connectivity index (χ3n) is 7.44. The zero-order chi connectivity index (χ0) is 27.5. The van der Waals surface area contributed by atoms with Crippen LogP contribution < -0.4 is 14.8 Å². The number of halogens is 1. The first kappa shape index (κ1) is 25.8. The van der Waals surface area contributed by atoms with Gasteiger partial charge in [0.15, 0.2) is 17.3 Å². The van der Waals surface area contributed by atoms with Crippen LogP contribution in [-0.2, 0) is 19.4 Å². The molecule has 0 spiro atoms. The average Bonchev–Trinajstić information content (AvgIpc) is 3.00. The number of para-hydroxylation sites is 1. The molecular weight excluding hydrogens is 503 g/mol. The SMILES string of the molecule is COc1cc2c(cc1OC)CN(CCc1ccc(Nc3nc(-c4ccc(F)cc4)nc4ccccc34)cc1)CC2. The first-order valence-corrected chi connectivity index (χ1v) is 13.4. The Hall–Kier alpha value is -4.49. The zero-order valence-electron chi connectivity index (χ0n) is 22.7. The van der Waals surface area contributed by atoms with E-state index in [2.05, 4.69) is 46.6 Å². The molecule has 4 aromatic carbocycles. The summed E-state index contributed by atoms with van der Waals surface area (Å²) < 4.78 is 24.4. The molecule has 1 aliphatic rings. The van der Waals surface area contributed by atoms with Crippen LogP contribution in [0.3, 0.4) is 0 Å². The van der Waals surface area contributed by atoms with Crippen LogP contribution in [0.5, 0.6) is 11.5 Å². The third-order valence-corrected chi connectivity index (χ3v) is 7.44. The van der Waals surface area contributed by atoms with Gasteiger partial charge in [0, 0.05) is 36.3 Å². The summed E-state index contributed by atoms with van der Waals surface area (Å²) in [4.78, 5) is 12.0. The van der Waals surface area contributed by atoms with E-state index < -0.39 is 0 Å². The van der Waals surface area contributed by atoms with E-state index in [-0.39, 0.29) is 5.82 Å². The van der Waals surface area contributed by atoms with Crippen molar-refractivity contribution in [2.45, 2.75) is 19.4 Å². The Kier molecular flexibility index (Phi) is 7.29. The molecule has 0 bridgehead atoms. The van der Waals surface area contributed by atoms with Gasteiger partial charge in [-0.15, -0.1) is 0 Å². The first-order valence-electron chi connectivity index (χ1n) is 13.4. The van der Waals surface area contributed by atoms with E-state index in [1.807, 2.05) is 24.3 Å². The molecule has 0 atom stereocenters. The molecule has 1 N–H and O–H groups in total. The second-order valence-electron chi connectivity index (χ2n) is 9.99. The van der Waals surface area contributed by atoms with Crippen molar-refractivity contribution in [2.24, 2.45) is 0 Å². The van der Waals surface area contributed by atoms with Crippen LogP contribution in [0.15, 0.2) is 84.9 Å². The maximum Gasteiger partial charge on any atom is 0.162 e. The minimum absolute atomic E-state index is 0.283. The molecule has 0 saturated carbocycles. The quantitative estimate of drug-likeness (QED) is 0.236. The Labute approximate surface area is 233 Å². The minimum atomic E-state index is -0.283. The predicted octanol–water partition coefficient (Wildman–Crippen LogP) is 6.80. The summed E-state index contributed by atoms with van der Waals surface area (Å²) in [7, 11) is 3.36. The fraction of sp³-hybridized carbons (Fsp3) is 0.212. The molecule has 1 aliphatic heterocycles. The summed E-state index contributed by atoms with van der Waals surface area (Å²) in [6, 6.07) is 26.9. The summed E-state index contributed by atoms with van der Waals surface area (Å²) in [6.45, 7) is 2.92. The van der Waals surface area contributed by atoms with Gasteiger partial charge in [-0.2, -0.15) is 0 Å². The van der Waals surface area contributed by atoms with Crippen LogP contribution in [-0.4, -0.2) is 42.2 Å². The van der Waals surface area contributed by atoms with Gasteiger partial charge in [-0.3, -0.25) is 4.90 Å². The zero-order valence-corrected chi connectivity index (χ0v) is 22.7. The van der Waals surface area contributed by atoms with Gasteiger partial charge in [-0.25, -0.2) is 14.4 Å². The summed E-state index contributed by atoms with van der Waals surface area (Å²) >= 11 is 0. The van der Waals surface area contributed by atoms with E-state index in [1.165, 1.54) is 28.8 Å². The number of hydrogen-bond donors (Lipinski definition) is 1. The van der Waals surface area contributed by atoms with Gasteiger partial charge in [-0.1, -0.05) is 24.3 Å². The molecule has 1 aromatic heterocycles. The van der Waals surface area contributed by atoms with Crippen molar-refractivity contribution in [1.82, 2.24) is 14.9 Å². The second-order valence-corrected chi connectivity index (χ2v) is 9.99. The standard InChI is InChI=1S/C33H31FN4O2/c1-39-30-19-24-16-18-38(21-25(24)20-31(30)40-2)17-15-22-7-13-27(14-8-22)35-33-28-5-3-4-6-29(28)36-32(37-33)23-9-11-26(34)12-10-23/h3-14,19-20H,15-18,21H2,1-2H3,(H,35,36,37). The first-order chi connectivity index (χ1) is 19.6. The monoisotopic (exact) mass is 534 g/mol. The lowest BCUT2D eigenvalue weighted by Crippen LogP contribution is -2.32. The highest BCUT2D eigenvalue weighted by Crippen LogP contribution is 2.33. The van der Waals surface area contributed by atoms with Crippen molar-refractivity contribution < 1.29 is 13.9 Å². The van der Waals surface area contributed by atoms with Crippen LogP contribution in [0.2, 0.25) is 0 Å². The molecule has 5 aromatic rings. The van der Waals surface area contributed by atoms with Crippen molar-refractivity contribution in [3.05, 3.63) is 107 Å². The molecule has 0 saturated heterocycles. The number of ether oxygens (including phenoxy) is 2. The highest BCUT2D eigenvalue weighted by molar-refractivity contribution is 5.92. The topological polar surface area (TPSA) is 59.5 Å². The van der Waals surface area contributed by atoms with Crippen LogP contribution in [0.25, 0.3) is 22.3 Å². The second kappa shape index (κ2) is 11.3. The van der Waals surface area contributed by atoms with Gasteiger partial charge in [-0.05, 0) is 90.2 Å². The van der Waals surface area contributed by atoms with Crippen molar-refractivity contribution in [1.29, 1.82) is 0 Å². The molecule has 6 rings (SSSR count). The number of rotatable bonds is 8. The van der Waals surface area contributed by atoms with Crippen molar-refractivity contribution in [3.8, 4) is 22.9 Å². The van der Waals surface area contributed by atoms with E-state index in [1.54, 1.807) is 26.4 Å². The molecule has 0 unspecified atom stereocenters. The maximum atomic E-state index is 13.5. The maximum absolute atomic E-state index is 13.5. The minimum Gasteiger partial charge on any atom is -0.493 e. The normalized spacial score (nSPS) is 13.2. The fourth-order valence-electron chi connectivity index (χ4n) is 5.21. The Morgan fingerprint density at radius 1 is 0.850 bits per heavy atom. The lowest BCUT2D eigenvalue weighted by atomic mass is 9.98. The van der Waals surface area contributed by atoms with Gasteiger partial charge in [0.25, 0.3) is 0 Å². The smallest absolute Gasteiger partial charge is 0.162 e. The number of methoxy groups -OCH3 is 2. The Balaban J connectivity index is 1.14. The Morgan fingerprint density at radius 2 is 1.57 bits per heavy atom. The predicted molar refractivity (Wildman–Crippen MR) is 157 cm³/mol. The number of nitrogens with one attached hydrogen (secondary N) is 1. The molecule has 0 aliphatic carbocycles. The summed E-state index contributed by atoms with van der Waals surface area (Å²) in [5.74, 6) is 2.57. The molecule has 0 amide bonds. The van der Waals surface area contributed by atoms with Gasteiger partial charge in [0.1, 0.15) is 11.6 Å². The molecule has 40 heavy (non-hydrogen) atoms. The highest BCUT2D eigenvalue weighted by atomic mass is 19.1. The highest BCUT2D eigenvalue weighted by Gasteiger charge is 2.19. The van der Waals surface area contributed by atoms with Crippen molar-refractivity contribution in [2.75, 3.05) is 32.6 Å². The van der Waals surface area contributed by atoms with E-state index in [0.29, 0.717) is 5.82 Å². The molecule has 6 nitrogen and oxygen atoms in total. The van der Waals surface area contributed by atoms with E-state index in [9.17, 15) is 4.39 Å². The summed E-state index contributed by atoms with van der Waals surface area (Å²) in [5.41, 5.74) is 6.47. The number of aromatic nitrogens is 2. The number of nitrogens with zero attached hydrogens (tertiary/aromatic N) is 3. The fourth-order valence-corrected chi connectivity index (χ4v) is 5.21. The van der Waals surface area contributed by atoms with Crippen molar-refractivity contribution in [3.63, 3.8) is 0 Å². The van der Waals surface area contributed by atoms with Crippen molar-refractivity contribution >= 4 is 22.4 Å². The number of hydrogen-bond acceptors (Lipinski definition) is 6. The number of benzene rings is 4. The molecule has 0 radical (unpaired) electrons. The van der Waals surface area contributed by atoms with Gasteiger partial charge in [0.2, 0.25) is 0 Å². The summed E-state index contributed by atoms with van der Waals surface area (Å²) in [5, 5.41) is 4.40.